The normalized spacial score (nSPS) is 18.1. The van der Waals surface area contributed by atoms with Crippen LogP contribution in [0.25, 0.3) is 0 Å². The first kappa shape index (κ1) is 15.5. The first-order chi connectivity index (χ1) is 9.88. The standard InChI is InChI=1S/C18H30N2/c1-2-12-20-18(15-17-10-13-19-14-11-17)9-8-16-6-4-3-5-7-16/h10-11,13-14,16,18,20H,2-9,12,15H2,1H3. The van der Waals surface area contributed by atoms with Crippen molar-refractivity contribution in [3.63, 3.8) is 0 Å². The van der Waals surface area contributed by atoms with Crippen molar-refractivity contribution in [1.29, 1.82) is 0 Å². The molecule has 0 amide bonds. The molecule has 0 aliphatic heterocycles. The summed E-state index contributed by atoms with van der Waals surface area (Å²) < 4.78 is 0. The Morgan fingerprint density at radius 3 is 2.65 bits per heavy atom. The smallest absolute Gasteiger partial charge is 0.0270 e. The second-order valence-corrected chi connectivity index (χ2v) is 6.29. The minimum absolute atomic E-state index is 0.638. The Morgan fingerprint density at radius 1 is 1.20 bits per heavy atom. The van der Waals surface area contributed by atoms with Gasteiger partial charge in [0.05, 0.1) is 0 Å². The van der Waals surface area contributed by atoms with Crippen LogP contribution in [0.1, 0.15) is 63.9 Å². The van der Waals surface area contributed by atoms with Gasteiger partial charge in [-0.05, 0) is 55.8 Å². The van der Waals surface area contributed by atoms with Crippen molar-refractivity contribution >= 4 is 0 Å². The van der Waals surface area contributed by atoms with Gasteiger partial charge in [0.2, 0.25) is 0 Å². The molecule has 1 aliphatic rings. The highest BCUT2D eigenvalue weighted by Crippen LogP contribution is 2.28. The number of pyridine rings is 1. The first-order valence-electron chi connectivity index (χ1n) is 8.50. The van der Waals surface area contributed by atoms with E-state index in [4.69, 9.17) is 0 Å². The monoisotopic (exact) mass is 274 g/mol. The maximum absolute atomic E-state index is 4.11. The molecule has 1 unspecified atom stereocenters. The zero-order chi connectivity index (χ0) is 14.0. The first-order valence-corrected chi connectivity index (χ1v) is 8.50. The van der Waals surface area contributed by atoms with E-state index in [-0.39, 0.29) is 0 Å². The van der Waals surface area contributed by atoms with E-state index in [1.165, 1.54) is 56.9 Å². The minimum Gasteiger partial charge on any atom is -0.314 e. The van der Waals surface area contributed by atoms with E-state index in [9.17, 15) is 0 Å². The van der Waals surface area contributed by atoms with Crippen LogP contribution in [0.2, 0.25) is 0 Å². The molecule has 20 heavy (non-hydrogen) atoms. The second kappa shape index (κ2) is 9.12. The van der Waals surface area contributed by atoms with E-state index < -0.39 is 0 Å². The van der Waals surface area contributed by atoms with Crippen molar-refractivity contribution in [1.82, 2.24) is 10.3 Å². The highest BCUT2D eigenvalue weighted by molar-refractivity contribution is 5.11. The Hall–Kier alpha value is -0.890. The molecule has 1 saturated carbocycles. The molecule has 0 saturated heterocycles. The second-order valence-electron chi connectivity index (χ2n) is 6.29. The summed E-state index contributed by atoms with van der Waals surface area (Å²) in [7, 11) is 0. The molecule has 1 atom stereocenters. The van der Waals surface area contributed by atoms with Crippen LogP contribution in [0.4, 0.5) is 0 Å². The lowest BCUT2D eigenvalue weighted by Gasteiger charge is -2.25. The van der Waals surface area contributed by atoms with Gasteiger partial charge in [-0.2, -0.15) is 0 Å². The Bertz CT molecular complexity index is 344. The van der Waals surface area contributed by atoms with Gasteiger partial charge in [-0.15, -0.1) is 0 Å². The summed E-state index contributed by atoms with van der Waals surface area (Å²) in [6.45, 7) is 3.39. The maximum Gasteiger partial charge on any atom is 0.0270 e. The lowest BCUT2D eigenvalue weighted by molar-refractivity contribution is 0.312. The lowest BCUT2D eigenvalue weighted by Crippen LogP contribution is -2.32. The summed E-state index contributed by atoms with van der Waals surface area (Å²) >= 11 is 0. The summed E-state index contributed by atoms with van der Waals surface area (Å²) in [5.41, 5.74) is 1.41. The third kappa shape index (κ3) is 5.62. The third-order valence-electron chi connectivity index (χ3n) is 4.56. The molecular formula is C18H30N2. The fraction of sp³-hybridized carbons (Fsp3) is 0.722. The summed E-state index contributed by atoms with van der Waals surface area (Å²) in [5.74, 6) is 0.993. The molecular weight excluding hydrogens is 244 g/mol. The molecule has 0 spiro atoms. The quantitative estimate of drug-likeness (QED) is 0.762. The zero-order valence-electron chi connectivity index (χ0n) is 13.0. The Balaban J connectivity index is 1.79. The predicted molar refractivity (Wildman–Crippen MR) is 85.8 cm³/mol. The van der Waals surface area contributed by atoms with Gasteiger partial charge < -0.3 is 5.32 Å². The lowest BCUT2D eigenvalue weighted by atomic mass is 9.84. The van der Waals surface area contributed by atoms with Crippen LogP contribution in [0.15, 0.2) is 24.5 Å². The van der Waals surface area contributed by atoms with Crippen LogP contribution in [0, 0.1) is 5.92 Å². The van der Waals surface area contributed by atoms with Gasteiger partial charge in [-0.1, -0.05) is 39.0 Å². The Morgan fingerprint density at radius 2 is 1.95 bits per heavy atom. The Kier molecular flexibility index (Phi) is 7.07. The van der Waals surface area contributed by atoms with Crippen LogP contribution < -0.4 is 5.32 Å². The number of hydrogen-bond donors (Lipinski definition) is 1. The largest absolute Gasteiger partial charge is 0.314 e. The van der Waals surface area contributed by atoms with Crippen LogP contribution in [-0.2, 0) is 6.42 Å². The number of nitrogens with one attached hydrogen (secondary N) is 1. The molecule has 1 fully saturated rings. The summed E-state index contributed by atoms with van der Waals surface area (Å²) in [6, 6.07) is 4.95. The van der Waals surface area contributed by atoms with Crippen molar-refractivity contribution in [3.8, 4) is 0 Å². The van der Waals surface area contributed by atoms with Gasteiger partial charge in [0.25, 0.3) is 0 Å². The molecule has 1 aliphatic carbocycles. The number of aromatic nitrogens is 1. The van der Waals surface area contributed by atoms with Crippen LogP contribution in [0.5, 0.6) is 0 Å². The highest BCUT2D eigenvalue weighted by atomic mass is 14.9. The fourth-order valence-corrected chi connectivity index (χ4v) is 3.34. The minimum atomic E-state index is 0.638. The molecule has 2 rings (SSSR count). The van der Waals surface area contributed by atoms with Gasteiger partial charge in [0.15, 0.2) is 0 Å². The molecule has 1 N–H and O–H groups in total. The van der Waals surface area contributed by atoms with Crippen molar-refractivity contribution < 1.29 is 0 Å². The van der Waals surface area contributed by atoms with Gasteiger partial charge >= 0.3 is 0 Å². The molecule has 0 radical (unpaired) electrons. The molecule has 0 aromatic carbocycles. The van der Waals surface area contributed by atoms with Crippen molar-refractivity contribution in [2.75, 3.05) is 6.54 Å². The van der Waals surface area contributed by atoms with E-state index in [2.05, 4.69) is 29.4 Å². The molecule has 112 valence electrons. The molecule has 1 aromatic heterocycles. The van der Waals surface area contributed by atoms with E-state index in [1.54, 1.807) is 0 Å². The molecule has 0 bridgehead atoms. The van der Waals surface area contributed by atoms with Crippen molar-refractivity contribution in [2.24, 2.45) is 5.92 Å². The predicted octanol–water partition coefficient (Wildman–Crippen LogP) is 4.35. The van der Waals surface area contributed by atoms with E-state index in [0.29, 0.717) is 6.04 Å². The summed E-state index contributed by atoms with van der Waals surface area (Å²) in [6.07, 6.45) is 16.2. The van der Waals surface area contributed by atoms with Gasteiger partial charge in [0, 0.05) is 18.4 Å². The summed E-state index contributed by atoms with van der Waals surface area (Å²) in [5, 5.41) is 3.74. The highest BCUT2D eigenvalue weighted by Gasteiger charge is 2.16. The van der Waals surface area contributed by atoms with Gasteiger partial charge in [-0.3, -0.25) is 4.98 Å². The van der Waals surface area contributed by atoms with Gasteiger partial charge in [-0.25, -0.2) is 0 Å². The number of nitrogens with zero attached hydrogens (tertiary/aromatic N) is 1. The SMILES string of the molecule is CCCNC(CCC1CCCCC1)Cc1ccncc1. The average Bonchev–Trinajstić information content (AvgIpc) is 2.52. The zero-order valence-corrected chi connectivity index (χ0v) is 13.0. The molecule has 2 heteroatoms. The fourth-order valence-electron chi connectivity index (χ4n) is 3.34. The number of hydrogen-bond acceptors (Lipinski definition) is 2. The van der Waals surface area contributed by atoms with E-state index in [0.717, 1.165) is 18.9 Å². The molecule has 2 nitrogen and oxygen atoms in total. The van der Waals surface area contributed by atoms with Crippen LogP contribution in [-0.4, -0.2) is 17.6 Å². The molecule has 1 heterocycles. The topological polar surface area (TPSA) is 24.9 Å². The van der Waals surface area contributed by atoms with E-state index in [1.807, 2.05) is 12.4 Å². The Labute approximate surface area is 124 Å². The third-order valence-corrected chi connectivity index (χ3v) is 4.56. The number of rotatable bonds is 8. The van der Waals surface area contributed by atoms with Crippen LogP contribution >= 0.6 is 0 Å². The van der Waals surface area contributed by atoms with Crippen LogP contribution in [0.3, 0.4) is 0 Å². The average molecular weight is 274 g/mol. The van der Waals surface area contributed by atoms with Crippen molar-refractivity contribution in [3.05, 3.63) is 30.1 Å². The molecule has 1 aromatic rings. The summed E-state index contributed by atoms with van der Waals surface area (Å²) in [4.78, 5) is 4.11. The van der Waals surface area contributed by atoms with Crippen molar-refractivity contribution in [2.45, 2.75) is 70.8 Å². The van der Waals surface area contributed by atoms with E-state index >= 15 is 0 Å². The maximum atomic E-state index is 4.11. The van der Waals surface area contributed by atoms with Gasteiger partial charge in [0.1, 0.15) is 0 Å².